The monoisotopic (exact) mass is 556 g/mol. The molecule has 1 N–H and O–H groups in total. The van der Waals surface area contributed by atoms with E-state index in [9.17, 15) is 9.59 Å². The molecule has 0 fully saturated rings. The Morgan fingerprint density at radius 1 is 1.16 bits per heavy atom. The highest BCUT2D eigenvalue weighted by Gasteiger charge is 2.27. The van der Waals surface area contributed by atoms with Gasteiger partial charge in [-0.25, -0.2) is 4.79 Å². The molecule has 1 atom stereocenters. The van der Waals surface area contributed by atoms with Crippen LogP contribution in [-0.2, 0) is 34.3 Å². The van der Waals surface area contributed by atoms with Crippen molar-refractivity contribution in [2.24, 2.45) is 0 Å². The summed E-state index contributed by atoms with van der Waals surface area (Å²) in [6.45, 7) is 11.2. The third-order valence-corrected chi connectivity index (χ3v) is 8.78. The van der Waals surface area contributed by atoms with E-state index >= 15 is 0 Å². The Morgan fingerprint density at radius 2 is 1.87 bits per heavy atom. The van der Waals surface area contributed by atoms with Gasteiger partial charge in [0.2, 0.25) is 5.91 Å². The minimum absolute atomic E-state index is 0.0781. The van der Waals surface area contributed by atoms with E-state index in [1.54, 1.807) is 0 Å². The number of esters is 1. The summed E-state index contributed by atoms with van der Waals surface area (Å²) in [6, 6.07) is 8.13. The number of anilines is 1. The quantitative estimate of drug-likeness (QED) is 0.248. The van der Waals surface area contributed by atoms with Crippen LogP contribution in [0.1, 0.15) is 85.8 Å². The molecule has 1 aliphatic rings. The fourth-order valence-corrected chi connectivity index (χ4v) is 6.66. The molecule has 2 aromatic heterocycles. The van der Waals surface area contributed by atoms with Crippen LogP contribution in [0.2, 0.25) is 0 Å². The molecule has 8 nitrogen and oxygen atoms in total. The normalized spacial score (nSPS) is 14.1. The number of rotatable bonds is 9. The van der Waals surface area contributed by atoms with Crippen molar-refractivity contribution in [3.05, 3.63) is 51.7 Å². The van der Waals surface area contributed by atoms with Gasteiger partial charge in [-0.3, -0.25) is 4.79 Å². The number of carbonyl (C=O) groups excluding carboxylic acids is 2. The summed E-state index contributed by atoms with van der Waals surface area (Å²) in [5.74, 6) is 1.02. The van der Waals surface area contributed by atoms with Gasteiger partial charge in [-0.2, -0.15) is 0 Å². The van der Waals surface area contributed by atoms with Gasteiger partial charge in [0.25, 0.3) is 0 Å². The van der Waals surface area contributed by atoms with Crippen molar-refractivity contribution in [1.82, 2.24) is 14.8 Å². The van der Waals surface area contributed by atoms with Gasteiger partial charge in [-0.15, -0.1) is 21.5 Å². The Morgan fingerprint density at radius 3 is 2.53 bits per heavy atom. The van der Waals surface area contributed by atoms with E-state index in [-0.39, 0.29) is 23.2 Å². The van der Waals surface area contributed by atoms with Crippen molar-refractivity contribution < 1.29 is 19.1 Å². The number of hydrogen-bond acceptors (Lipinski definition) is 8. The molecule has 0 spiro atoms. The van der Waals surface area contributed by atoms with Crippen LogP contribution >= 0.6 is 23.1 Å². The number of methoxy groups -OCH3 is 1. The summed E-state index contributed by atoms with van der Waals surface area (Å²) in [5.41, 5.74) is 2.85. The van der Waals surface area contributed by atoms with Crippen LogP contribution in [0.3, 0.4) is 0 Å². The zero-order valence-electron chi connectivity index (χ0n) is 22.9. The summed E-state index contributed by atoms with van der Waals surface area (Å²) in [5, 5.41) is 12.9. The number of amides is 1. The van der Waals surface area contributed by atoms with E-state index < -0.39 is 5.97 Å². The lowest BCUT2D eigenvalue weighted by Crippen LogP contribution is -2.17. The predicted molar refractivity (Wildman–Crippen MR) is 152 cm³/mol. The molecule has 0 saturated heterocycles. The summed E-state index contributed by atoms with van der Waals surface area (Å²) in [7, 11) is 1.37. The first kappa shape index (κ1) is 28.2. The lowest BCUT2D eigenvalue weighted by molar-refractivity contribution is -0.113. The number of aromatic nitrogens is 3. The Kier molecular flexibility index (Phi) is 8.82. The van der Waals surface area contributed by atoms with Crippen molar-refractivity contribution in [2.75, 3.05) is 18.2 Å². The summed E-state index contributed by atoms with van der Waals surface area (Å²) in [6.07, 6.45) is 3.58. The first-order valence-electron chi connectivity index (χ1n) is 13.0. The molecule has 1 aliphatic carbocycles. The van der Waals surface area contributed by atoms with Gasteiger partial charge in [0.15, 0.2) is 17.1 Å². The first-order valence-corrected chi connectivity index (χ1v) is 14.8. The van der Waals surface area contributed by atoms with E-state index in [4.69, 9.17) is 9.47 Å². The minimum Gasteiger partial charge on any atom is -0.483 e. The zero-order chi connectivity index (χ0) is 27.4. The molecule has 0 bridgehead atoms. The molecule has 0 aliphatic heterocycles. The van der Waals surface area contributed by atoms with Crippen LogP contribution < -0.4 is 10.1 Å². The lowest BCUT2D eigenvalue weighted by Gasteiger charge is -2.20. The number of ether oxygens (including phenoxy) is 2. The molecule has 38 heavy (non-hydrogen) atoms. The summed E-state index contributed by atoms with van der Waals surface area (Å²) in [4.78, 5) is 26.5. The fraction of sp³-hybridized carbons (Fsp3) is 0.500. The largest absolute Gasteiger partial charge is 0.483 e. The van der Waals surface area contributed by atoms with Gasteiger partial charge in [0, 0.05) is 11.4 Å². The maximum absolute atomic E-state index is 12.9. The number of fused-ring (bicyclic) bond motifs is 1. The number of hydrogen-bond donors (Lipinski definition) is 1. The molecular weight excluding hydrogens is 520 g/mol. The maximum atomic E-state index is 12.9. The van der Waals surface area contributed by atoms with Crippen molar-refractivity contribution in [3.8, 4) is 5.75 Å². The molecule has 0 saturated carbocycles. The molecular formula is C28H36N4O4S2. The SMILES string of the molecule is CCn1c(SCC(=O)Nc2sc3c(c2C(=O)OC)CCCC3)nnc1C(C)Oc1ccc(C(C)(C)C)cc1. The molecule has 1 aromatic carbocycles. The molecule has 1 unspecified atom stereocenters. The topological polar surface area (TPSA) is 95.3 Å². The molecule has 1 amide bonds. The molecule has 4 rings (SSSR count). The first-order chi connectivity index (χ1) is 18.1. The highest BCUT2D eigenvalue weighted by atomic mass is 32.2. The van der Waals surface area contributed by atoms with Crippen LogP contribution in [0.25, 0.3) is 0 Å². The smallest absolute Gasteiger partial charge is 0.341 e. The Bertz CT molecular complexity index is 1290. The number of benzene rings is 1. The van der Waals surface area contributed by atoms with Gasteiger partial charge in [0.1, 0.15) is 10.8 Å². The van der Waals surface area contributed by atoms with Crippen molar-refractivity contribution in [1.29, 1.82) is 0 Å². The average Bonchev–Trinajstić information content (AvgIpc) is 3.47. The molecule has 204 valence electrons. The lowest BCUT2D eigenvalue weighted by atomic mass is 9.87. The summed E-state index contributed by atoms with van der Waals surface area (Å²) >= 11 is 2.80. The third-order valence-electron chi connectivity index (χ3n) is 6.60. The van der Waals surface area contributed by atoms with E-state index in [0.29, 0.717) is 28.1 Å². The van der Waals surface area contributed by atoms with E-state index in [1.807, 2.05) is 30.5 Å². The van der Waals surface area contributed by atoms with E-state index in [1.165, 1.54) is 35.8 Å². The second kappa shape index (κ2) is 11.9. The van der Waals surface area contributed by atoms with Crippen molar-refractivity contribution in [2.45, 2.75) is 83.5 Å². The van der Waals surface area contributed by atoms with Gasteiger partial charge < -0.3 is 19.4 Å². The summed E-state index contributed by atoms with van der Waals surface area (Å²) < 4.78 is 13.1. The number of thiophene rings is 1. The van der Waals surface area contributed by atoms with Crippen LogP contribution in [0.5, 0.6) is 5.75 Å². The second-order valence-corrected chi connectivity index (χ2v) is 12.4. The number of nitrogens with zero attached hydrogens (tertiary/aromatic N) is 3. The van der Waals surface area contributed by atoms with E-state index in [2.05, 4.69) is 48.4 Å². The number of carbonyl (C=O) groups is 2. The Balaban J connectivity index is 1.41. The predicted octanol–water partition coefficient (Wildman–Crippen LogP) is 6.19. The van der Waals surface area contributed by atoms with Crippen LogP contribution in [-0.4, -0.2) is 39.5 Å². The van der Waals surface area contributed by atoms with Gasteiger partial charge in [-0.05, 0) is 68.2 Å². The average molecular weight is 557 g/mol. The fourth-order valence-electron chi connectivity index (χ4n) is 4.56. The molecule has 0 radical (unpaired) electrons. The van der Waals surface area contributed by atoms with Crippen molar-refractivity contribution >= 4 is 40.0 Å². The number of nitrogens with one attached hydrogen (secondary N) is 1. The van der Waals surface area contributed by atoms with Gasteiger partial charge in [0.05, 0.1) is 18.4 Å². The van der Waals surface area contributed by atoms with Crippen molar-refractivity contribution in [3.63, 3.8) is 0 Å². The Hall–Kier alpha value is -2.85. The highest BCUT2D eigenvalue weighted by molar-refractivity contribution is 7.99. The van der Waals surface area contributed by atoms with Gasteiger partial charge >= 0.3 is 5.97 Å². The number of thioether (sulfide) groups is 1. The third kappa shape index (κ3) is 6.23. The highest BCUT2D eigenvalue weighted by Crippen LogP contribution is 2.38. The van der Waals surface area contributed by atoms with E-state index in [0.717, 1.165) is 41.9 Å². The minimum atomic E-state index is -0.398. The van der Waals surface area contributed by atoms with Gasteiger partial charge in [-0.1, -0.05) is 44.7 Å². The zero-order valence-corrected chi connectivity index (χ0v) is 24.6. The van der Waals surface area contributed by atoms with Crippen LogP contribution in [0, 0.1) is 0 Å². The second-order valence-electron chi connectivity index (χ2n) is 10.4. The molecule has 2 heterocycles. The standard InChI is InChI=1S/C28H36N4O4S2/c1-7-32-24(17(2)36-19-14-12-18(13-15-19)28(3,4)5)30-31-27(32)37-16-22(33)29-25-23(26(34)35-6)20-10-8-9-11-21(20)38-25/h12-15,17H,7-11,16H2,1-6H3,(H,29,33). The molecule has 3 aromatic rings. The molecule has 10 heteroatoms. The van der Waals surface area contributed by atoms with Crippen LogP contribution in [0.15, 0.2) is 29.4 Å². The number of aryl methyl sites for hydroxylation is 1. The Labute approximate surface area is 232 Å². The maximum Gasteiger partial charge on any atom is 0.341 e. The van der Waals surface area contributed by atoms with Crippen LogP contribution in [0.4, 0.5) is 5.00 Å².